The van der Waals surface area contributed by atoms with E-state index < -0.39 is 6.10 Å². The normalized spacial score (nSPS) is 16.0. The van der Waals surface area contributed by atoms with Crippen molar-refractivity contribution in [2.75, 3.05) is 13.1 Å². The average molecular weight is 466 g/mol. The number of ether oxygens (including phenoxy) is 1. The van der Waals surface area contributed by atoms with Crippen LogP contribution in [-0.4, -0.2) is 43.6 Å². The number of aliphatic hydroxyl groups excluding tert-OH is 1. The Labute approximate surface area is 202 Å². The van der Waals surface area contributed by atoms with Gasteiger partial charge < -0.3 is 9.84 Å². The molecule has 8 nitrogen and oxygen atoms in total. The summed E-state index contributed by atoms with van der Waals surface area (Å²) in [5.74, 6) is 0.294. The van der Waals surface area contributed by atoms with E-state index in [-0.39, 0.29) is 12.6 Å². The Balaban J connectivity index is 1.21. The molecule has 0 saturated heterocycles. The first-order valence-electron chi connectivity index (χ1n) is 11.6. The number of aromatic nitrogens is 3. The number of rotatable bonds is 4. The van der Waals surface area contributed by atoms with Gasteiger partial charge in [-0.3, -0.25) is 9.47 Å². The molecule has 0 fully saturated rings. The molecule has 1 unspecified atom stereocenters. The zero-order valence-corrected chi connectivity index (χ0v) is 19.2. The Bertz CT molecular complexity index is 1530. The van der Waals surface area contributed by atoms with E-state index in [4.69, 9.17) is 9.72 Å². The molecule has 2 aliphatic rings. The molecule has 0 spiro atoms. The summed E-state index contributed by atoms with van der Waals surface area (Å²) < 4.78 is 7.05. The maximum atomic E-state index is 11.8. The molecule has 0 bridgehead atoms. The van der Waals surface area contributed by atoms with Crippen molar-refractivity contribution in [1.29, 1.82) is 5.26 Å². The van der Waals surface area contributed by atoms with Gasteiger partial charge in [-0.05, 0) is 42.3 Å². The summed E-state index contributed by atoms with van der Waals surface area (Å²) in [5, 5.41) is 21.2. The molecule has 1 N–H and O–H groups in total. The van der Waals surface area contributed by atoms with Crippen molar-refractivity contribution in [3.63, 3.8) is 0 Å². The molecule has 2 aromatic heterocycles. The van der Waals surface area contributed by atoms with E-state index in [1.54, 1.807) is 12.1 Å². The van der Waals surface area contributed by atoms with Crippen molar-refractivity contribution in [3.8, 4) is 12.0 Å². The lowest BCUT2D eigenvalue weighted by molar-refractivity contribution is 0.0535. The Morgan fingerprint density at radius 1 is 1.26 bits per heavy atom. The summed E-state index contributed by atoms with van der Waals surface area (Å²) >= 11 is 0. The Morgan fingerprint density at radius 3 is 3.00 bits per heavy atom. The van der Waals surface area contributed by atoms with E-state index in [1.807, 2.05) is 48.1 Å². The van der Waals surface area contributed by atoms with Crippen molar-refractivity contribution >= 4 is 16.9 Å². The van der Waals surface area contributed by atoms with Crippen LogP contribution in [0.2, 0.25) is 0 Å². The predicted octanol–water partition coefficient (Wildman–Crippen LogP) is 3.36. The fourth-order valence-electron chi connectivity index (χ4n) is 5.15. The van der Waals surface area contributed by atoms with Gasteiger partial charge in [0.05, 0.1) is 34.5 Å². The molecule has 35 heavy (non-hydrogen) atoms. The molecular formula is C27H23N5O3. The van der Waals surface area contributed by atoms with E-state index in [0.29, 0.717) is 30.2 Å². The fourth-order valence-corrected chi connectivity index (χ4v) is 5.15. The minimum absolute atomic E-state index is 0.270. The van der Waals surface area contributed by atoms with Crippen LogP contribution in [0.3, 0.4) is 0 Å². The number of nitriles is 1. The number of β-amino-alcohol motifs (C(OH)–C–C–N with tert-alkyl or cyclic N) is 1. The zero-order chi connectivity index (χ0) is 24.1. The second kappa shape index (κ2) is 8.31. The highest BCUT2D eigenvalue weighted by Crippen LogP contribution is 2.30. The number of fused-ring (bicyclic) bond motifs is 3. The summed E-state index contributed by atoms with van der Waals surface area (Å²) in [6.07, 6.45) is 3.85. The first-order chi connectivity index (χ1) is 17.0. The predicted molar refractivity (Wildman–Crippen MR) is 128 cm³/mol. The van der Waals surface area contributed by atoms with Crippen LogP contribution >= 0.6 is 0 Å². The number of carbonyl (C=O) groups is 1. The van der Waals surface area contributed by atoms with Crippen LogP contribution in [-0.2, 0) is 24.3 Å². The van der Waals surface area contributed by atoms with Gasteiger partial charge in [0.15, 0.2) is 0 Å². The lowest BCUT2D eigenvalue weighted by Gasteiger charge is -2.30. The topological polar surface area (TPSA) is 104 Å². The average Bonchev–Trinajstić information content (AvgIpc) is 3.48. The largest absolute Gasteiger partial charge is 0.457 e. The number of hydrogen-bond donors (Lipinski definition) is 1. The van der Waals surface area contributed by atoms with Gasteiger partial charge in [0.25, 0.3) is 0 Å². The Morgan fingerprint density at radius 2 is 2.14 bits per heavy atom. The first-order valence-corrected chi connectivity index (χ1v) is 11.6. The first kappa shape index (κ1) is 21.5. The Hall–Kier alpha value is -4.06. The number of carbonyl (C=O) groups excluding carboxylic acids is 1. The number of aliphatic hydroxyl groups is 1. The third-order valence-electron chi connectivity index (χ3n) is 7.07. The van der Waals surface area contributed by atoms with Gasteiger partial charge in [0, 0.05) is 55.0 Å². The molecule has 4 heterocycles. The third-order valence-corrected chi connectivity index (χ3v) is 7.07. The summed E-state index contributed by atoms with van der Waals surface area (Å²) in [7, 11) is 0. The number of hydrogen-bond acceptors (Lipinski definition) is 7. The fraction of sp³-hybridized carbons (Fsp3) is 0.259. The maximum absolute atomic E-state index is 11.8. The molecule has 0 saturated carbocycles. The molecule has 4 aromatic rings. The molecular weight excluding hydrogens is 442 g/mol. The summed E-state index contributed by atoms with van der Waals surface area (Å²) in [5.41, 5.74) is 6.80. The molecule has 8 heteroatoms. The van der Waals surface area contributed by atoms with Gasteiger partial charge in [-0.15, -0.1) is 0 Å². The summed E-state index contributed by atoms with van der Waals surface area (Å²) in [6.45, 7) is 4.12. The van der Waals surface area contributed by atoms with Crippen LogP contribution in [0, 0.1) is 18.3 Å². The molecule has 1 atom stereocenters. The van der Waals surface area contributed by atoms with Crippen LogP contribution in [0.1, 0.15) is 50.0 Å². The minimum Gasteiger partial charge on any atom is -0.457 e. The zero-order valence-electron chi connectivity index (χ0n) is 19.2. The summed E-state index contributed by atoms with van der Waals surface area (Å²) in [6, 6.07) is 13.4. The number of cyclic esters (lactones) is 1. The minimum atomic E-state index is -0.668. The van der Waals surface area contributed by atoms with E-state index in [1.165, 1.54) is 0 Å². The van der Waals surface area contributed by atoms with Crippen LogP contribution < -0.4 is 0 Å². The van der Waals surface area contributed by atoms with Crippen molar-refractivity contribution < 1.29 is 14.6 Å². The van der Waals surface area contributed by atoms with Crippen molar-refractivity contribution in [3.05, 3.63) is 87.9 Å². The lowest BCUT2D eigenvalue weighted by atomic mass is 9.95. The molecule has 2 aliphatic heterocycles. The van der Waals surface area contributed by atoms with Gasteiger partial charge in [-0.25, -0.2) is 14.8 Å². The molecule has 0 radical (unpaired) electrons. The number of benzene rings is 2. The molecule has 174 valence electrons. The quantitative estimate of drug-likeness (QED) is 0.461. The molecule has 0 aliphatic carbocycles. The second-order valence-corrected chi connectivity index (χ2v) is 9.06. The summed E-state index contributed by atoms with van der Waals surface area (Å²) in [4.78, 5) is 23.4. The molecule has 0 amide bonds. The van der Waals surface area contributed by atoms with Crippen LogP contribution in [0.5, 0.6) is 0 Å². The lowest BCUT2D eigenvalue weighted by Crippen LogP contribution is -2.35. The van der Waals surface area contributed by atoms with Crippen LogP contribution in [0.4, 0.5) is 0 Å². The van der Waals surface area contributed by atoms with Crippen LogP contribution in [0.15, 0.2) is 48.8 Å². The number of nitrogens with zero attached hydrogens (tertiary/aromatic N) is 5. The van der Waals surface area contributed by atoms with E-state index in [9.17, 15) is 15.2 Å². The van der Waals surface area contributed by atoms with E-state index in [0.717, 1.165) is 51.8 Å². The van der Waals surface area contributed by atoms with Crippen molar-refractivity contribution in [2.45, 2.75) is 32.6 Å². The van der Waals surface area contributed by atoms with Crippen molar-refractivity contribution in [1.82, 2.24) is 19.4 Å². The van der Waals surface area contributed by atoms with E-state index >= 15 is 0 Å². The highest BCUT2D eigenvalue weighted by atomic mass is 16.5. The highest BCUT2D eigenvalue weighted by Gasteiger charge is 2.27. The third kappa shape index (κ3) is 3.57. The van der Waals surface area contributed by atoms with Gasteiger partial charge in [-0.1, -0.05) is 12.1 Å². The monoisotopic (exact) mass is 465 g/mol. The molecule has 2 aromatic carbocycles. The SMILES string of the molecule is Cc1c(C(O)CN2CCc3nc(-n4ccc5c(C#N)cccc54)ncc3C2)ccc2c1COC2=O. The maximum Gasteiger partial charge on any atom is 0.338 e. The van der Waals surface area contributed by atoms with Gasteiger partial charge in [-0.2, -0.15) is 5.26 Å². The standard InChI is InChI=1S/C27H23N5O3/c1-16-19(5-6-21-22(16)15-35-26(21)34)25(33)14-31-9-8-23-18(13-31)12-29-27(30-23)32-10-7-20-17(11-28)3-2-4-24(20)32/h2-7,10,12,25,33H,8-9,13-15H2,1H3. The number of esters is 1. The second-order valence-electron chi connectivity index (χ2n) is 9.06. The van der Waals surface area contributed by atoms with E-state index in [2.05, 4.69) is 16.0 Å². The smallest absolute Gasteiger partial charge is 0.338 e. The molecule has 6 rings (SSSR count). The Kier molecular flexibility index (Phi) is 5.10. The van der Waals surface area contributed by atoms with Crippen molar-refractivity contribution in [2.24, 2.45) is 0 Å². The van der Waals surface area contributed by atoms with Crippen LogP contribution in [0.25, 0.3) is 16.9 Å². The van der Waals surface area contributed by atoms with Gasteiger partial charge in [0.1, 0.15) is 6.61 Å². The van der Waals surface area contributed by atoms with Gasteiger partial charge >= 0.3 is 5.97 Å². The van der Waals surface area contributed by atoms with Gasteiger partial charge in [0.2, 0.25) is 5.95 Å². The highest BCUT2D eigenvalue weighted by molar-refractivity contribution is 5.94.